The van der Waals surface area contributed by atoms with Crippen molar-refractivity contribution in [1.29, 1.82) is 0 Å². The first kappa shape index (κ1) is 13.6. The molecule has 0 aliphatic carbocycles. The van der Waals surface area contributed by atoms with Gasteiger partial charge in [0.25, 0.3) is 0 Å². The third kappa shape index (κ3) is 3.59. The standard InChI is InChI=1S/C14H22ClN3/c1-11(2)18(10-13-5-3-4-8-16-13)14-7-6-12(15)9-17-14/h6-7,9,11,13,16H,3-5,8,10H2,1-2H3. The van der Waals surface area contributed by atoms with Gasteiger partial charge in [0.2, 0.25) is 0 Å². The van der Waals surface area contributed by atoms with E-state index in [0.717, 1.165) is 18.9 Å². The molecule has 1 aromatic rings. The Kier molecular flexibility index (Phi) is 4.84. The Bertz CT molecular complexity index is 358. The van der Waals surface area contributed by atoms with Crippen molar-refractivity contribution in [3.8, 4) is 0 Å². The Morgan fingerprint density at radius 2 is 2.28 bits per heavy atom. The van der Waals surface area contributed by atoms with Crippen LogP contribution in [-0.2, 0) is 0 Å². The molecule has 1 fully saturated rings. The van der Waals surface area contributed by atoms with Gasteiger partial charge in [-0.25, -0.2) is 4.98 Å². The van der Waals surface area contributed by atoms with Crippen LogP contribution in [0.1, 0.15) is 33.1 Å². The zero-order chi connectivity index (χ0) is 13.0. The highest BCUT2D eigenvalue weighted by molar-refractivity contribution is 6.30. The zero-order valence-corrected chi connectivity index (χ0v) is 12.0. The van der Waals surface area contributed by atoms with Crippen LogP contribution in [-0.4, -0.2) is 30.2 Å². The zero-order valence-electron chi connectivity index (χ0n) is 11.2. The number of nitrogens with zero attached hydrogens (tertiary/aromatic N) is 2. The minimum atomic E-state index is 0.447. The van der Waals surface area contributed by atoms with Crippen LogP contribution in [0.15, 0.2) is 18.3 Å². The molecule has 2 rings (SSSR count). The Hall–Kier alpha value is -0.800. The van der Waals surface area contributed by atoms with Gasteiger partial charge in [0.05, 0.1) is 5.02 Å². The first-order valence-corrected chi connectivity index (χ1v) is 7.16. The quantitative estimate of drug-likeness (QED) is 0.909. The molecular formula is C14H22ClN3. The molecule has 0 aromatic carbocycles. The van der Waals surface area contributed by atoms with E-state index in [1.165, 1.54) is 19.3 Å². The van der Waals surface area contributed by atoms with E-state index in [4.69, 9.17) is 11.6 Å². The Morgan fingerprint density at radius 1 is 1.44 bits per heavy atom. The summed E-state index contributed by atoms with van der Waals surface area (Å²) in [6.45, 7) is 6.58. The maximum absolute atomic E-state index is 5.89. The monoisotopic (exact) mass is 267 g/mol. The van der Waals surface area contributed by atoms with Gasteiger partial charge in [0.1, 0.15) is 5.82 Å². The molecule has 18 heavy (non-hydrogen) atoms. The summed E-state index contributed by atoms with van der Waals surface area (Å²) in [4.78, 5) is 6.78. The Balaban J connectivity index is 2.05. The van der Waals surface area contributed by atoms with E-state index in [1.807, 2.05) is 12.1 Å². The van der Waals surface area contributed by atoms with Crippen molar-refractivity contribution >= 4 is 17.4 Å². The van der Waals surface area contributed by atoms with Crippen LogP contribution in [0.4, 0.5) is 5.82 Å². The fraction of sp³-hybridized carbons (Fsp3) is 0.643. The lowest BCUT2D eigenvalue weighted by Crippen LogP contribution is -2.46. The predicted octanol–water partition coefficient (Wildman–Crippen LogP) is 3.09. The van der Waals surface area contributed by atoms with Crippen LogP contribution < -0.4 is 10.2 Å². The van der Waals surface area contributed by atoms with E-state index < -0.39 is 0 Å². The summed E-state index contributed by atoms with van der Waals surface area (Å²) >= 11 is 5.89. The van der Waals surface area contributed by atoms with Crippen molar-refractivity contribution < 1.29 is 0 Å². The van der Waals surface area contributed by atoms with E-state index in [-0.39, 0.29) is 0 Å². The third-order valence-corrected chi connectivity index (χ3v) is 3.68. The Morgan fingerprint density at radius 3 is 2.83 bits per heavy atom. The highest BCUT2D eigenvalue weighted by Gasteiger charge is 2.19. The number of anilines is 1. The summed E-state index contributed by atoms with van der Waals surface area (Å²) < 4.78 is 0. The lowest BCUT2D eigenvalue weighted by atomic mass is 10.0. The maximum Gasteiger partial charge on any atom is 0.128 e. The average Bonchev–Trinajstić information content (AvgIpc) is 2.38. The molecule has 0 radical (unpaired) electrons. The molecule has 1 N–H and O–H groups in total. The molecule has 0 amide bonds. The summed E-state index contributed by atoms with van der Waals surface area (Å²) in [5.41, 5.74) is 0. The predicted molar refractivity (Wildman–Crippen MR) is 77.4 cm³/mol. The molecule has 1 aromatic heterocycles. The van der Waals surface area contributed by atoms with Gasteiger partial charge >= 0.3 is 0 Å². The highest BCUT2D eigenvalue weighted by Crippen LogP contribution is 2.19. The van der Waals surface area contributed by atoms with Crippen LogP contribution in [0.5, 0.6) is 0 Å². The smallest absolute Gasteiger partial charge is 0.128 e. The van der Waals surface area contributed by atoms with Gasteiger partial charge < -0.3 is 10.2 Å². The fourth-order valence-corrected chi connectivity index (χ4v) is 2.54. The van der Waals surface area contributed by atoms with Gasteiger partial charge in [-0.1, -0.05) is 18.0 Å². The molecule has 2 heterocycles. The number of hydrogen-bond donors (Lipinski definition) is 1. The number of hydrogen-bond acceptors (Lipinski definition) is 3. The lowest BCUT2D eigenvalue weighted by Gasteiger charge is -2.34. The molecule has 3 nitrogen and oxygen atoms in total. The SMILES string of the molecule is CC(C)N(CC1CCCCN1)c1ccc(Cl)cn1. The maximum atomic E-state index is 5.89. The van der Waals surface area contributed by atoms with Gasteiger partial charge in [-0.2, -0.15) is 0 Å². The summed E-state index contributed by atoms with van der Waals surface area (Å²) in [5, 5.41) is 4.28. The topological polar surface area (TPSA) is 28.2 Å². The Labute approximate surface area is 115 Å². The molecule has 1 saturated heterocycles. The van der Waals surface area contributed by atoms with Crippen molar-refractivity contribution in [1.82, 2.24) is 10.3 Å². The molecule has 1 aliphatic rings. The van der Waals surface area contributed by atoms with Gasteiger partial charge in [0.15, 0.2) is 0 Å². The molecule has 0 spiro atoms. The number of piperidine rings is 1. The van der Waals surface area contributed by atoms with Gasteiger partial charge in [-0.15, -0.1) is 0 Å². The van der Waals surface area contributed by atoms with Crippen LogP contribution in [0.3, 0.4) is 0 Å². The minimum Gasteiger partial charge on any atom is -0.353 e. The van der Waals surface area contributed by atoms with Crippen LogP contribution in [0.2, 0.25) is 5.02 Å². The van der Waals surface area contributed by atoms with Crippen molar-refractivity contribution in [3.05, 3.63) is 23.4 Å². The van der Waals surface area contributed by atoms with Crippen molar-refractivity contribution in [2.45, 2.75) is 45.2 Å². The summed E-state index contributed by atoms with van der Waals surface area (Å²) in [7, 11) is 0. The number of pyridine rings is 1. The third-order valence-electron chi connectivity index (χ3n) is 3.46. The number of aromatic nitrogens is 1. The molecule has 1 atom stereocenters. The lowest BCUT2D eigenvalue weighted by molar-refractivity contribution is 0.392. The fourth-order valence-electron chi connectivity index (χ4n) is 2.42. The number of halogens is 1. The van der Waals surface area contributed by atoms with Crippen molar-refractivity contribution in [2.75, 3.05) is 18.0 Å². The average molecular weight is 268 g/mol. The first-order chi connectivity index (χ1) is 8.66. The second-order valence-electron chi connectivity index (χ2n) is 5.23. The first-order valence-electron chi connectivity index (χ1n) is 6.78. The van der Waals surface area contributed by atoms with Crippen LogP contribution >= 0.6 is 11.6 Å². The minimum absolute atomic E-state index is 0.447. The summed E-state index contributed by atoms with van der Waals surface area (Å²) in [6.07, 6.45) is 5.62. The molecule has 100 valence electrons. The van der Waals surface area contributed by atoms with E-state index in [9.17, 15) is 0 Å². The normalized spacial score (nSPS) is 20.1. The molecule has 1 unspecified atom stereocenters. The molecule has 4 heteroatoms. The van der Waals surface area contributed by atoms with Crippen molar-refractivity contribution in [3.63, 3.8) is 0 Å². The van der Waals surface area contributed by atoms with Crippen LogP contribution in [0, 0.1) is 0 Å². The summed E-state index contributed by atoms with van der Waals surface area (Å²) in [6, 6.07) is 4.94. The van der Waals surface area contributed by atoms with Gasteiger partial charge in [0, 0.05) is 24.8 Å². The highest BCUT2D eigenvalue weighted by atomic mass is 35.5. The number of rotatable bonds is 4. The molecule has 0 saturated carbocycles. The van der Waals surface area contributed by atoms with E-state index in [2.05, 4.69) is 29.0 Å². The van der Waals surface area contributed by atoms with Crippen LogP contribution in [0.25, 0.3) is 0 Å². The van der Waals surface area contributed by atoms with E-state index in [0.29, 0.717) is 17.1 Å². The molecule has 1 aliphatic heterocycles. The van der Waals surface area contributed by atoms with Crippen molar-refractivity contribution in [2.24, 2.45) is 0 Å². The largest absolute Gasteiger partial charge is 0.353 e. The molecule has 0 bridgehead atoms. The number of nitrogens with one attached hydrogen (secondary N) is 1. The second kappa shape index (κ2) is 6.39. The van der Waals surface area contributed by atoms with E-state index >= 15 is 0 Å². The second-order valence-corrected chi connectivity index (χ2v) is 5.66. The van der Waals surface area contributed by atoms with E-state index in [1.54, 1.807) is 6.20 Å². The summed E-state index contributed by atoms with van der Waals surface area (Å²) in [5.74, 6) is 1.02. The molecular weight excluding hydrogens is 246 g/mol. The van der Waals surface area contributed by atoms with Gasteiger partial charge in [-0.3, -0.25) is 0 Å². The van der Waals surface area contributed by atoms with Gasteiger partial charge in [-0.05, 0) is 45.4 Å².